The van der Waals surface area contributed by atoms with Crippen molar-refractivity contribution >= 4 is 22.0 Å². The van der Waals surface area contributed by atoms with Crippen molar-refractivity contribution in [2.75, 3.05) is 26.3 Å². The van der Waals surface area contributed by atoms with Crippen LogP contribution in [0.1, 0.15) is 39.2 Å². The molecule has 2 rings (SSSR count). The molecule has 0 spiro atoms. The van der Waals surface area contributed by atoms with Crippen LogP contribution in [0.15, 0.2) is 28.7 Å². The van der Waals surface area contributed by atoms with E-state index in [-0.39, 0.29) is 6.09 Å². The number of hydrogen-bond donors (Lipinski definition) is 0. The second-order valence-electron chi connectivity index (χ2n) is 7.36. The number of carbonyl (C=O) groups is 1. The average molecular weight is 398 g/mol. The van der Waals surface area contributed by atoms with Gasteiger partial charge in [0.25, 0.3) is 0 Å². The molecule has 0 unspecified atom stereocenters. The van der Waals surface area contributed by atoms with E-state index in [2.05, 4.69) is 28.1 Å². The Morgan fingerprint density at radius 1 is 1.33 bits per heavy atom. The van der Waals surface area contributed by atoms with Gasteiger partial charge in [-0.3, -0.25) is 0 Å². The molecule has 0 radical (unpaired) electrons. The monoisotopic (exact) mass is 397 g/mol. The Labute approximate surface area is 153 Å². The summed E-state index contributed by atoms with van der Waals surface area (Å²) in [5, 5.41) is 0. The van der Waals surface area contributed by atoms with Gasteiger partial charge in [0, 0.05) is 30.8 Å². The minimum atomic E-state index is -0.471. The maximum atomic E-state index is 12.6. The molecule has 0 aliphatic carbocycles. The summed E-state index contributed by atoms with van der Waals surface area (Å²) in [7, 11) is 0. The van der Waals surface area contributed by atoms with Crippen molar-refractivity contribution in [3.05, 3.63) is 34.3 Å². The molecule has 0 bridgehead atoms. The SMILES string of the molecule is CC(C)(C)OC(=O)N(CCc1cccc(Br)c1)CC1CCOCC1. The van der Waals surface area contributed by atoms with Gasteiger partial charge in [-0.1, -0.05) is 28.1 Å². The smallest absolute Gasteiger partial charge is 0.410 e. The van der Waals surface area contributed by atoms with E-state index in [4.69, 9.17) is 9.47 Å². The molecule has 0 saturated carbocycles. The molecule has 5 heteroatoms. The number of carbonyl (C=O) groups excluding carboxylic acids is 1. The van der Waals surface area contributed by atoms with Crippen LogP contribution < -0.4 is 0 Å². The minimum Gasteiger partial charge on any atom is -0.444 e. The molecule has 1 aliphatic rings. The molecule has 1 aliphatic heterocycles. The molecule has 0 atom stereocenters. The first-order valence-electron chi connectivity index (χ1n) is 8.63. The Morgan fingerprint density at radius 2 is 2.04 bits per heavy atom. The largest absolute Gasteiger partial charge is 0.444 e. The van der Waals surface area contributed by atoms with Crippen molar-refractivity contribution in [1.29, 1.82) is 0 Å². The fourth-order valence-electron chi connectivity index (χ4n) is 2.78. The van der Waals surface area contributed by atoms with Crippen LogP contribution in [0.4, 0.5) is 4.79 Å². The number of benzene rings is 1. The normalized spacial score (nSPS) is 16.0. The number of amides is 1. The van der Waals surface area contributed by atoms with Crippen LogP contribution in [-0.2, 0) is 15.9 Å². The third-order valence-corrected chi connectivity index (χ3v) is 4.52. The Hall–Kier alpha value is -1.07. The molecule has 1 saturated heterocycles. The molecule has 134 valence electrons. The van der Waals surface area contributed by atoms with Gasteiger partial charge in [-0.05, 0) is 63.6 Å². The van der Waals surface area contributed by atoms with Crippen LogP contribution in [0, 0.1) is 5.92 Å². The number of nitrogens with zero attached hydrogens (tertiary/aromatic N) is 1. The van der Waals surface area contributed by atoms with Gasteiger partial charge in [-0.15, -0.1) is 0 Å². The summed E-state index contributed by atoms with van der Waals surface area (Å²) < 4.78 is 12.1. The zero-order chi connectivity index (χ0) is 17.6. The van der Waals surface area contributed by atoms with Gasteiger partial charge >= 0.3 is 6.09 Å². The van der Waals surface area contributed by atoms with Crippen LogP contribution >= 0.6 is 15.9 Å². The zero-order valence-electron chi connectivity index (χ0n) is 14.9. The van der Waals surface area contributed by atoms with E-state index in [0.717, 1.165) is 43.5 Å². The highest BCUT2D eigenvalue weighted by Crippen LogP contribution is 2.19. The number of ether oxygens (including phenoxy) is 2. The molecule has 1 aromatic carbocycles. The minimum absolute atomic E-state index is 0.219. The second kappa shape index (κ2) is 8.86. The molecule has 1 aromatic rings. The lowest BCUT2D eigenvalue weighted by atomic mass is 9.99. The van der Waals surface area contributed by atoms with Crippen LogP contribution in [0.25, 0.3) is 0 Å². The fourth-order valence-corrected chi connectivity index (χ4v) is 3.23. The van der Waals surface area contributed by atoms with E-state index >= 15 is 0 Å². The number of hydrogen-bond acceptors (Lipinski definition) is 3. The van der Waals surface area contributed by atoms with E-state index in [9.17, 15) is 4.79 Å². The summed E-state index contributed by atoms with van der Waals surface area (Å²) in [5.41, 5.74) is 0.741. The summed E-state index contributed by atoms with van der Waals surface area (Å²) in [4.78, 5) is 14.4. The summed E-state index contributed by atoms with van der Waals surface area (Å²) in [6, 6.07) is 8.22. The Kier molecular flexibility index (Phi) is 7.11. The Balaban J connectivity index is 1.99. The van der Waals surface area contributed by atoms with E-state index in [1.807, 2.05) is 37.8 Å². The maximum absolute atomic E-state index is 12.6. The van der Waals surface area contributed by atoms with Crippen molar-refractivity contribution in [2.45, 2.75) is 45.6 Å². The molecule has 4 nitrogen and oxygen atoms in total. The lowest BCUT2D eigenvalue weighted by molar-refractivity contribution is 0.0125. The summed E-state index contributed by atoms with van der Waals surface area (Å²) in [6.45, 7) is 8.72. The van der Waals surface area contributed by atoms with Gasteiger partial charge in [-0.25, -0.2) is 4.79 Å². The predicted octanol–water partition coefficient (Wildman–Crippen LogP) is 4.66. The standard InChI is InChI=1S/C19H28BrNO3/c1-19(2,3)24-18(22)21(14-16-8-11-23-12-9-16)10-7-15-5-4-6-17(20)13-15/h4-6,13,16H,7-12,14H2,1-3H3. The Morgan fingerprint density at radius 3 is 2.67 bits per heavy atom. The summed E-state index contributed by atoms with van der Waals surface area (Å²) >= 11 is 3.50. The van der Waals surface area contributed by atoms with E-state index in [0.29, 0.717) is 12.5 Å². The third-order valence-electron chi connectivity index (χ3n) is 4.03. The summed E-state index contributed by atoms with van der Waals surface area (Å²) in [6.07, 6.45) is 2.62. The topological polar surface area (TPSA) is 38.8 Å². The molecule has 24 heavy (non-hydrogen) atoms. The highest BCUT2D eigenvalue weighted by molar-refractivity contribution is 9.10. The van der Waals surface area contributed by atoms with Crippen molar-refractivity contribution in [3.63, 3.8) is 0 Å². The van der Waals surface area contributed by atoms with E-state index < -0.39 is 5.60 Å². The quantitative estimate of drug-likeness (QED) is 0.725. The third kappa shape index (κ3) is 6.81. The molecule has 1 heterocycles. The molecule has 1 fully saturated rings. The first kappa shape index (κ1) is 19.3. The van der Waals surface area contributed by atoms with Gasteiger partial charge in [0.2, 0.25) is 0 Å². The van der Waals surface area contributed by atoms with Crippen molar-refractivity contribution < 1.29 is 14.3 Å². The van der Waals surface area contributed by atoms with Gasteiger partial charge in [-0.2, -0.15) is 0 Å². The van der Waals surface area contributed by atoms with E-state index in [1.165, 1.54) is 5.56 Å². The second-order valence-corrected chi connectivity index (χ2v) is 8.28. The fraction of sp³-hybridized carbons (Fsp3) is 0.632. The van der Waals surface area contributed by atoms with Crippen molar-refractivity contribution in [2.24, 2.45) is 5.92 Å². The van der Waals surface area contributed by atoms with Crippen LogP contribution in [0.5, 0.6) is 0 Å². The van der Waals surface area contributed by atoms with Crippen molar-refractivity contribution in [3.8, 4) is 0 Å². The summed E-state index contributed by atoms with van der Waals surface area (Å²) in [5.74, 6) is 0.494. The molecular formula is C19H28BrNO3. The van der Waals surface area contributed by atoms with Gasteiger partial charge < -0.3 is 14.4 Å². The van der Waals surface area contributed by atoms with Gasteiger partial charge in [0.15, 0.2) is 0 Å². The lowest BCUT2D eigenvalue weighted by Gasteiger charge is -2.31. The lowest BCUT2D eigenvalue weighted by Crippen LogP contribution is -2.41. The highest BCUT2D eigenvalue weighted by atomic mass is 79.9. The molecular weight excluding hydrogens is 370 g/mol. The van der Waals surface area contributed by atoms with Crippen LogP contribution in [0.3, 0.4) is 0 Å². The van der Waals surface area contributed by atoms with E-state index in [1.54, 1.807) is 0 Å². The molecule has 0 N–H and O–H groups in total. The first-order valence-corrected chi connectivity index (χ1v) is 9.43. The van der Waals surface area contributed by atoms with Gasteiger partial charge in [0.1, 0.15) is 5.60 Å². The number of rotatable bonds is 5. The Bertz CT molecular complexity index is 536. The zero-order valence-corrected chi connectivity index (χ0v) is 16.5. The molecule has 1 amide bonds. The number of halogens is 1. The highest BCUT2D eigenvalue weighted by Gasteiger charge is 2.25. The first-order chi connectivity index (χ1) is 11.3. The molecule has 0 aromatic heterocycles. The van der Waals surface area contributed by atoms with Crippen LogP contribution in [-0.4, -0.2) is 42.9 Å². The van der Waals surface area contributed by atoms with Crippen LogP contribution in [0.2, 0.25) is 0 Å². The van der Waals surface area contributed by atoms with Crippen molar-refractivity contribution in [1.82, 2.24) is 4.90 Å². The van der Waals surface area contributed by atoms with Gasteiger partial charge in [0.05, 0.1) is 0 Å². The maximum Gasteiger partial charge on any atom is 0.410 e. The average Bonchev–Trinajstić information content (AvgIpc) is 2.50. The predicted molar refractivity (Wildman–Crippen MR) is 99.2 cm³/mol.